The van der Waals surface area contributed by atoms with Crippen LogP contribution in [-0.2, 0) is 10.3 Å². The highest BCUT2D eigenvalue weighted by Crippen LogP contribution is 2.24. The van der Waals surface area contributed by atoms with E-state index in [2.05, 4.69) is 29.3 Å². The number of hydrogen-bond donors (Lipinski definition) is 2. The number of aliphatic hydroxyl groups is 1. The van der Waals surface area contributed by atoms with Gasteiger partial charge in [-0.1, -0.05) is 37.3 Å². The Kier molecular flexibility index (Phi) is 7.77. The Morgan fingerprint density at radius 2 is 1.95 bits per heavy atom. The summed E-state index contributed by atoms with van der Waals surface area (Å²) in [5, 5.41) is 13.2. The summed E-state index contributed by atoms with van der Waals surface area (Å²) < 4.78 is 5.14. The number of nitrogens with one attached hydrogen (secondary N) is 1. The van der Waals surface area contributed by atoms with E-state index >= 15 is 0 Å². The van der Waals surface area contributed by atoms with Gasteiger partial charge in [-0.05, 0) is 25.6 Å². The van der Waals surface area contributed by atoms with Gasteiger partial charge in [0.1, 0.15) is 0 Å². The van der Waals surface area contributed by atoms with Gasteiger partial charge in [0.15, 0.2) is 0 Å². The van der Waals surface area contributed by atoms with E-state index in [9.17, 15) is 5.11 Å². The van der Waals surface area contributed by atoms with Crippen LogP contribution in [0.3, 0.4) is 0 Å². The lowest BCUT2D eigenvalue weighted by atomic mass is 9.87. The molecule has 0 aliphatic rings. The van der Waals surface area contributed by atoms with Crippen LogP contribution in [0.15, 0.2) is 30.3 Å². The molecule has 4 nitrogen and oxygen atoms in total. The third-order valence-corrected chi connectivity index (χ3v) is 3.99. The van der Waals surface area contributed by atoms with Gasteiger partial charge < -0.3 is 20.1 Å². The zero-order chi connectivity index (χ0) is 14.8. The lowest BCUT2D eigenvalue weighted by Gasteiger charge is -2.34. The monoisotopic (exact) mass is 280 g/mol. The SMILES string of the molecule is CCN(CCOC)CCC(CO)(NC)c1ccccc1. The molecule has 0 bridgehead atoms. The molecule has 1 aromatic rings. The molecule has 0 heterocycles. The maximum absolute atomic E-state index is 9.89. The van der Waals surface area contributed by atoms with Crippen molar-refractivity contribution in [3.05, 3.63) is 35.9 Å². The van der Waals surface area contributed by atoms with Crippen LogP contribution in [0, 0.1) is 0 Å². The first kappa shape index (κ1) is 17.1. The molecule has 20 heavy (non-hydrogen) atoms. The molecule has 1 unspecified atom stereocenters. The average molecular weight is 280 g/mol. The number of benzene rings is 1. The van der Waals surface area contributed by atoms with Gasteiger partial charge >= 0.3 is 0 Å². The Morgan fingerprint density at radius 1 is 1.25 bits per heavy atom. The van der Waals surface area contributed by atoms with Gasteiger partial charge in [-0.15, -0.1) is 0 Å². The second kappa shape index (κ2) is 9.08. The molecular formula is C16H28N2O2. The molecule has 1 aromatic carbocycles. The summed E-state index contributed by atoms with van der Waals surface area (Å²) in [4.78, 5) is 2.34. The third kappa shape index (κ3) is 4.56. The zero-order valence-electron chi connectivity index (χ0n) is 12.9. The van der Waals surface area contributed by atoms with E-state index in [0.717, 1.165) is 38.2 Å². The number of rotatable bonds is 10. The molecule has 0 spiro atoms. The van der Waals surface area contributed by atoms with Crippen molar-refractivity contribution in [2.75, 3.05) is 47.0 Å². The number of likely N-dealkylation sites (N-methyl/N-ethyl adjacent to an activating group) is 2. The van der Waals surface area contributed by atoms with Crippen LogP contribution in [0.1, 0.15) is 18.9 Å². The predicted molar refractivity (Wildman–Crippen MR) is 82.9 cm³/mol. The van der Waals surface area contributed by atoms with Crippen LogP contribution in [0.25, 0.3) is 0 Å². The first-order valence-corrected chi connectivity index (χ1v) is 7.29. The maximum atomic E-state index is 9.89. The fourth-order valence-corrected chi connectivity index (χ4v) is 2.42. The fourth-order valence-electron chi connectivity index (χ4n) is 2.42. The summed E-state index contributed by atoms with van der Waals surface area (Å²) in [5.41, 5.74) is 0.759. The summed E-state index contributed by atoms with van der Waals surface area (Å²) in [7, 11) is 3.64. The topological polar surface area (TPSA) is 44.7 Å². The molecule has 4 heteroatoms. The van der Waals surface area contributed by atoms with Gasteiger partial charge in [-0.3, -0.25) is 0 Å². The molecular weight excluding hydrogens is 252 g/mol. The van der Waals surface area contributed by atoms with Gasteiger partial charge in [0.25, 0.3) is 0 Å². The van der Waals surface area contributed by atoms with E-state index < -0.39 is 0 Å². The van der Waals surface area contributed by atoms with Crippen molar-refractivity contribution in [1.82, 2.24) is 10.2 Å². The molecule has 0 aromatic heterocycles. The Balaban J connectivity index is 2.72. The Bertz CT molecular complexity index is 353. The van der Waals surface area contributed by atoms with Crippen molar-refractivity contribution in [3.8, 4) is 0 Å². The lowest BCUT2D eigenvalue weighted by Crippen LogP contribution is -2.46. The second-order valence-corrected chi connectivity index (χ2v) is 5.03. The Morgan fingerprint density at radius 3 is 2.45 bits per heavy atom. The van der Waals surface area contributed by atoms with Gasteiger partial charge in [0.05, 0.1) is 18.8 Å². The molecule has 1 rings (SSSR count). The van der Waals surface area contributed by atoms with E-state index in [0.29, 0.717) is 0 Å². The highest BCUT2D eigenvalue weighted by Gasteiger charge is 2.29. The van der Waals surface area contributed by atoms with Gasteiger partial charge in [0, 0.05) is 20.2 Å². The van der Waals surface area contributed by atoms with Crippen molar-refractivity contribution >= 4 is 0 Å². The highest BCUT2D eigenvalue weighted by molar-refractivity contribution is 5.24. The number of nitrogens with zero attached hydrogens (tertiary/aromatic N) is 1. The molecule has 0 radical (unpaired) electrons. The van der Waals surface area contributed by atoms with Gasteiger partial charge in [0.2, 0.25) is 0 Å². The first-order chi connectivity index (χ1) is 9.72. The van der Waals surface area contributed by atoms with E-state index in [1.165, 1.54) is 0 Å². The predicted octanol–water partition coefficient (Wildman–Crippen LogP) is 1.45. The average Bonchev–Trinajstić information content (AvgIpc) is 2.52. The minimum Gasteiger partial charge on any atom is -0.394 e. The van der Waals surface area contributed by atoms with Crippen LogP contribution in [0.4, 0.5) is 0 Å². The molecule has 1 atom stereocenters. The van der Waals surface area contributed by atoms with E-state index in [-0.39, 0.29) is 12.1 Å². The molecule has 0 aliphatic heterocycles. The minimum atomic E-state index is -0.373. The van der Waals surface area contributed by atoms with Gasteiger partial charge in [-0.2, -0.15) is 0 Å². The van der Waals surface area contributed by atoms with Crippen molar-refractivity contribution < 1.29 is 9.84 Å². The molecule has 0 aliphatic carbocycles. The smallest absolute Gasteiger partial charge is 0.0678 e. The molecule has 2 N–H and O–H groups in total. The fraction of sp³-hybridized carbons (Fsp3) is 0.625. The van der Waals surface area contributed by atoms with Crippen molar-refractivity contribution in [2.24, 2.45) is 0 Å². The van der Waals surface area contributed by atoms with E-state index in [4.69, 9.17) is 4.74 Å². The van der Waals surface area contributed by atoms with Crippen LogP contribution >= 0.6 is 0 Å². The minimum absolute atomic E-state index is 0.0926. The first-order valence-electron chi connectivity index (χ1n) is 7.29. The molecule has 0 saturated carbocycles. The Labute approximate surface area is 122 Å². The molecule has 0 fully saturated rings. The summed E-state index contributed by atoms with van der Waals surface area (Å²) in [5.74, 6) is 0. The van der Waals surface area contributed by atoms with Crippen LogP contribution in [0.2, 0.25) is 0 Å². The van der Waals surface area contributed by atoms with Crippen LogP contribution in [0.5, 0.6) is 0 Å². The standard InChI is InChI=1S/C16H28N2O2/c1-4-18(12-13-20-3)11-10-16(14-19,17-2)15-8-6-5-7-9-15/h5-9,17,19H,4,10-14H2,1-3H3. The summed E-state index contributed by atoms with van der Waals surface area (Å²) in [6, 6.07) is 10.2. The quantitative estimate of drug-likeness (QED) is 0.681. The number of hydrogen-bond acceptors (Lipinski definition) is 4. The summed E-state index contributed by atoms with van der Waals surface area (Å²) >= 11 is 0. The van der Waals surface area contributed by atoms with Crippen LogP contribution < -0.4 is 5.32 Å². The van der Waals surface area contributed by atoms with E-state index in [1.807, 2.05) is 25.2 Å². The largest absolute Gasteiger partial charge is 0.394 e. The molecule has 0 saturated heterocycles. The van der Waals surface area contributed by atoms with E-state index in [1.54, 1.807) is 7.11 Å². The van der Waals surface area contributed by atoms with Gasteiger partial charge in [-0.25, -0.2) is 0 Å². The maximum Gasteiger partial charge on any atom is 0.0678 e. The Hall–Kier alpha value is -0.940. The van der Waals surface area contributed by atoms with Crippen molar-refractivity contribution in [1.29, 1.82) is 0 Å². The third-order valence-electron chi connectivity index (χ3n) is 3.99. The zero-order valence-corrected chi connectivity index (χ0v) is 12.9. The number of ether oxygens (including phenoxy) is 1. The lowest BCUT2D eigenvalue weighted by molar-refractivity contribution is 0.119. The summed E-state index contributed by atoms with van der Waals surface area (Å²) in [6.45, 7) is 5.82. The van der Waals surface area contributed by atoms with Crippen molar-refractivity contribution in [3.63, 3.8) is 0 Å². The molecule has 114 valence electrons. The number of aliphatic hydroxyl groups excluding tert-OH is 1. The summed E-state index contributed by atoms with van der Waals surface area (Å²) in [6.07, 6.45) is 0.863. The second-order valence-electron chi connectivity index (χ2n) is 5.03. The van der Waals surface area contributed by atoms with Crippen LogP contribution in [-0.4, -0.2) is 57.0 Å². The number of methoxy groups -OCH3 is 1. The highest BCUT2D eigenvalue weighted by atomic mass is 16.5. The molecule has 0 amide bonds. The normalized spacial score (nSPS) is 14.4. The van der Waals surface area contributed by atoms with Crippen molar-refractivity contribution in [2.45, 2.75) is 18.9 Å².